The van der Waals surface area contributed by atoms with E-state index in [1.165, 1.54) is 9.47 Å². The van der Waals surface area contributed by atoms with Crippen molar-refractivity contribution < 1.29 is 13.6 Å². The number of hydrogen-bond donors (Lipinski definition) is 1. The van der Waals surface area contributed by atoms with Crippen molar-refractivity contribution in [3.63, 3.8) is 0 Å². The highest BCUT2D eigenvalue weighted by Gasteiger charge is 2.27. The molecule has 118 valence electrons. The summed E-state index contributed by atoms with van der Waals surface area (Å²) in [6, 6.07) is 0. The normalized spacial score (nSPS) is 13.7. The number of rotatable bonds is 4. The second kappa shape index (κ2) is 5.47. The Kier molecular flexibility index (Phi) is 3.63. The molecule has 0 saturated heterocycles. The lowest BCUT2D eigenvalue weighted by Crippen LogP contribution is -2.29. The number of carbonyl (C=O) groups excluding carboxylic acids is 1. The molecule has 0 atom stereocenters. The van der Waals surface area contributed by atoms with Crippen molar-refractivity contribution in [2.75, 3.05) is 5.43 Å². The molecule has 9 heteroatoms. The van der Waals surface area contributed by atoms with Crippen LogP contribution in [0.2, 0.25) is 0 Å². The summed E-state index contributed by atoms with van der Waals surface area (Å²) in [5.74, 6) is -0.383. The number of halogens is 2. The average Bonchev–Trinajstić information content (AvgIpc) is 3.12. The van der Waals surface area contributed by atoms with E-state index in [4.69, 9.17) is 0 Å². The van der Waals surface area contributed by atoms with E-state index in [-0.39, 0.29) is 18.1 Å². The molecule has 2 aromatic rings. The molecule has 1 aliphatic carbocycles. The first-order valence-corrected chi connectivity index (χ1v) is 7.02. The molecule has 0 saturated carbocycles. The third-order valence-electron chi connectivity index (χ3n) is 3.89. The van der Waals surface area contributed by atoms with Gasteiger partial charge in [0.05, 0.1) is 11.4 Å². The lowest BCUT2D eigenvalue weighted by Gasteiger charge is -2.08. The zero-order valence-electron chi connectivity index (χ0n) is 12.3. The molecule has 0 fully saturated rings. The number of nitrogens with zero attached hydrogens (tertiary/aromatic N) is 5. The van der Waals surface area contributed by atoms with Gasteiger partial charge in [0.25, 0.3) is 12.3 Å². The monoisotopic (exact) mass is 310 g/mol. The summed E-state index contributed by atoms with van der Waals surface area (Å²) in [5.41, 5.74) is 5.11. The van der Waals surface area contributed by atoms with Crippen LogP contribution in [0.15, 0.2) is 0 Å². The van der Waals surface area contributed by atoms with Gasteiger partial charge in [-0.25, -0.2) is 14.2 Å². The largest absolute Gasteiger partial charge is 0.282 e. The van der Waals surface area contributed by atoms with Crippen LogP contribution in [0.25, 0.3) is 0 Å². The van der Waals surface area contributed by atoms with Crippen molar-refractivity contribution in [1.29, 1.82) is 0 Å². The van der Waals surface area contributed by atoms with Gasteiger partial charge in [-0.1, -0.05) is 0 Å². The van der Waals surface area contributed by atoms with E-state index < -0.39 is 6.43 Å². The zero-order valence-corrected chi connectivity index (χ0v) is 12.3. The van der Waals surface area contributed by atoms with Crippen molar-refractivity contribution in [1.82, 2.24) is 24.9 Å². The van der Waals surface area contributed by atoms with Crippen LogP contribution >= 0.6 is 0 Å². The van der Waals surface area contributed by atoms with Crippen LogP contribution in [0.3, 0.4) is 0 Å². The Morgan fingerprint density at radius 3 is 2.77 bits per heavy atom. The minimum absolute atomic E-state index is 0.118. The van der Waals surface area contributed by atoms with E-state index in [0.29, 0.717) is 29.8 Å². The van der Waals surface area contributed by atoms with Crippen molar-refractivity contribution in [2.45, 2.75) is 46.1 Å². The van der Waals surface area contributed by atoms with Gasteiger partial charge in [-0.05, 0) is 38.3 Å². The molecule has 2 heterocycles. The van der Waals surface area contributed by atoms with Crippen LogP contribution in [0.4, 0.5) is 8.78 Å². The van der Waals surface area contributed by atoms with Gasteiger partial charge in [0.2, 0.25) is 0 Å². The highest BCUT2D eigenvalue weighted by atomic mass is 19.3. The fourth-order valence-electron chi connectivity index (χ4n) is 2.65. The third kappa shape index (κ3) is 2.46. The van der Waals surface area contributed by atoms with Crippen molar-refractivity contribution in [3.05, 3.63) is 28.3 Å². The Morgan fingerprint density at radius 1 is 1.36 bits per heavy atom. The van der Waals surface area contributed by atoms with Gasteiger partial charge in [0, 0.05) is 11.3 Å². The molecule has 0 aliphatic heterocycles. The summed E-state index contributed by atoms with van der Waals surface area (Å²) in [7, 11) is 0. The Hall–Kier alpha value is -2.32. The summed E-state index contributed by atoms with van der Waals surface area (Å²) in [6.45, 7) is 3.43. The fraction of sp³-hybridized carbons (Fsp3) is 0.538. The van der Waals surface area contributed by atoms with Crippen LogP contribution in [-0.2, 0) is 24.2 Å². The molecule has 0 spiro atoms. The Balaban J connectivity index is 1.77. The number of aryl methyl sites for hydroxylation is 1. The quantitative estimate of drug-likeness (QED) is 0.923. The van der Waals surface area contributed by atoms with Gasteiger partial charge in [0.1, 0.15) is 12.2 Å². The molecule has 1 aliphatic rings. The van der Waals surface area contributed by atoms with E-state index in [9.17, 15) is 13.6 Å². The smallest absolute Gasteiger partial charge is 0.271 e. The van der Waals surface area contributed by atoms with Crippen molar-refractivity contribution in [3.8, 4) is 0 Å². The first kappa shape index (κ1) is 14.6. The number of alkyl halides is 2. The van der Waals surface area contributed by atoms with Crippen LogP contribution in [-0.4, -0.2) is 30.8 Å². The second-order valence-corrected chi connectivity index (χ2v) is 5.33. The summed E-state index contributed by atoms with van der Waals surface area (Å²) >= 11 is 0. The molecular formula is C13H16F2N6O. The van der Waals surface area contributed by atoms with Crippen molar-refractivity contribution >= 4 is 5.91 Å². The van der Waals surface area contributed by atoms with Gasteiger partial charge < -0.3 is 0 Å². The topological polar surface area (TPSA) is 77.6 Å². The number of hydrogen-bond acceptors (Lipinski definition) is 4. The van der Waals surface area contributed by atoms with Crippen LogP contribution in [0, 0.1) is 13.8 Å². The van der Waals surface area contributed by atoms with E-state index >= 15 is 0 Å². The van der Waals surface area contributed by atoms with Gasteiger partial charge in [-0.15, -0.1) is 5.10 Å². The maximum atomic E-state index is 13.0. The van der Waals surface area contributed by atoms with Gasteiger partial charge in [-0.2, -0.15) is 9.89 Å². The predicted octanol–water partition coefficient (Wildman–Crippen LogP) is 1.29. The lowest BCUT2D eigenvalue weighted by atomic mass is 10.2. The molecule has 1 N–H and O–H groups in total. The Labute approximate surface area is 125 Å². The van der Waals surface area contributed by atoms with E-state index in [2.05, 4.69) is 20.8 Å². The number of aromatic nitrogens is 5. The molecule has 0 unspecified atom stereocenters. The minimum atomic E-state index is -2.61. The fourth-order valence-corrected chi connectivity index (χ4v) is 2.65. The maximum Gasteiger partial charge on any atom is 0.282 e. The zero-order chi connectivity index (χ0) is 15.9. The third-order valence-corrected chi connectivity index (χ3v) is 3.89. The predicted molar refractivity (Wildman–Crippen MR) is 73.1 cm³/mol. The molecule has 0 radical (unpaired) electrons. The first-order chi connectivity index (χ1) is 10.5. The summed E-state index contributed by atoms with van der Waals surface area (Å²) < 4.78 is 27.3. The number of fused-ring (bicyclic) bond motifs is 1. The lowest BCUT2D eigenvalue weighted by molar-refractivity contribution is -0.118. The Bertz CT molecular complexity index is 720. The number of nitrogens with one attached hydrogen (secondary N) is 1. The van der Waals surface area contributed by atoms with Crippen LogP contribution in [0.1, 0.15) is 41.2 Å². The van der Waals surface area contributed by atoms with Crippen molar-refractivity contribution in [2.24, 2.45) is 0 Å². The SMILES string of the molecule is Cc1nnn(NC(=O)Cn2nc(C(F)F)c3c2CCC3)c1C. The average molecular weight is 310 g/mol. The van der Waals surface area contributed by atoms with E-state index in [1.807, 2.05) is 0 Å². The number of carbonyl (C=O) groups is 1. The summed E-state index contributed by atoms with van der Waals surface area (Å²) in [4.78, 5) is 13.3. The molecule has 22 heavy (non-hydrogen) atoms. The Morgan fingerprint density at radius 2 is 2.14 bits per heavy atom. The highest BCUT2D eigenvalue weighted by molar-refractivity contribution is 5.83. The maximum absolute atomic E-state index is 13.0. The summed E-state index contributed by atoms with van der Waals surface area (Å²) in [6.07, 6.45) is -0.533. The standard InChI is InChI=1S/C13H16F2N6O/c1-7-8(2)21(19-16-7)17-11(22)6-20-10-5-3-4-9(10)12(18-20)13(14)15/h13H,3-6H2,1-2H3,(H,17,22). The molecule has 0 aromatic carbocycles. The molecular weight excluding hydrogens is 294 g/mol. The molecule has 2 aromatic heterocycles. The molecule has 1 amide bonds. The number of amides is 1. The van der Waals surface area contributed by atoms with Gasteiger partial charge in [-0.3, -0.25) is 9.48 Å². The molecule has 7 nitrogen and oxygen atoms in total. The van der Waals surface area contributed by atoms with Gasteiger partial charge >= 0.3 is 0 Å². The summed E-state index contributed by atoms with van der Waals surface area (Å²) in [5, 5.41) is 11.5. The molecule has 3 rings (SSSR count). The van der Waals surface area contributed by atoms with Crippen LogP contribution in [0.5, 0.6) is 0 Å². The van der Waals surface area contributed by atoms with E-state index in [0.717, 1.165) is 12.1 Å². The molecule has 0 bridgehead atoms. The first-order valence-electron chi connectivity index (χ1n) is 7.02. The highest BCUT2D eigenvalue weighted by Crippen LogP contribution is 2.31. The van der Waals surface area contributed by atoms with E-state index in [1.54, 1.807) is 13.8 Å². The second-order valence-electron chi connectivity index (χ2n) is 5.33. The minimum Gasteiger partial charge on any atom is -0.271 e. The van der Waals surface area contributed by atoms with Crippen LogP contribution < -0.4 is 5.43 Å². The van der Waals surface area contributed by atoms with Gasteiger partial charge in [0.15, 0.2) is 0 Å².